The van der Waals surface area contributed by atoms with Gasteiger partial charge < -0.3 is 5.32 Å². The van der Waals surface area contributed by atoms with Gasteiger partial charge in [0.25, 0.3) is 5.69 Å². The molecular formula is C14H22N2O2. The van der Waals surface area contributed by atoms with E-state index in [-0.39, 0.29) is 10.6 Å². The van der Waals surface area contributed by atoms with E-state index in [2.05, 4.69) is 19.2 Å². The van der Waals surface area contributed by atoms with Gasteiger partial charge in [0.2, 0.25) is 0 Å². The fraction of sp³-hybridized carbons (Fsp3) is 0.571. The number of aryl methyl sites for hydroxylation is 1. The Morgan fingerprint density at radius 3 is 2.78 bits per heavy atom. The summed E-state index contributed by atoms with van der Waals surface area (Å²) in [5.74, 6) is 0. The topological polar surface area (TPSA) is 55.2 Å². The minimum atomic E-state index is -0.337. The van der Waals surface area contributed by atoms with Crippen molar-refractivity contribution in [3.8, 4) is 0 Å². The zero-order chi connectivity index (χ0) is 13.4. The predicted octanol–water partition coefficient (Wildman–Crippen LogP) is 3.31. The molecule has 0 saturated heterocycles. The van der Waals surface area contributed by atoms with Crippen molar-refractivity contribution in [1.29, 1.82) is 0 Å². The van der Waals surface area contributed by atoms with Gasteiger partial charge in [-0.3, -0.25) is 10.1 Å². The van der Waals surface area contributed by atoms with E-state index in [9.17, 15) is 10.1 Å². The van der Waals surface area contributed by atoms with Crippen molar-refractivity contribution in [2.45, 2.75) is 45.6 Å². The zero-order valence-corrected chi connectivity index (χ0v) is 11.2. The molecule has 0 spiro atoms. The average Bonchev–Trinajstić information content (AvgIpc) is 2.39. The van der Waals surface area contributed by atoms with Crippen LogP contribution in [0.5, 0.6) is 0 Å². The van der Waals surface area contributed by atoms with E-state index in [4.69, 9.17) is 0 Å². The Balaban J connectivity index is 2.51. The predicted molar refractivity (Wildman–Crippen MR) is 73.8 cm³/mol. The molecular weight excluding hydrogens is 228 g/mol. The number of benzene rings is 1. The van der Waals surface area contributed by atoms with Gasteiger partial charge in [0.05, 0.1) is 4.92 Å². The molecule has 4 nitrogen and oxygen atoms in total. The number of nitrogens with zero attached hydrogens (tertiary/aromatic N) is 1. The minimum absolute atomic E-state index is 0.182. The molecule has 1 aromatic rings. The highest BCUT2D eigenvalue weighted by atomic mass is 16.6. The molecule has 0 heterocycles. The van der Waals surface area contributed by atoms with Crippen LogP contribution in [0.25, 0.3) is 0 Å². The van der Waals surface area contributed by atoms with Crippen LogP contribution in [-0.4, -0.2) is 17.5 Å². The summed E-state index contributed by atoms with van der Waals surface area (Å²) < 4.78 is 0. The number of nitrogens with one attached hydrogen (secondary N) is 1. The first-order chi connectivity index (χ1) is 8.67. The van der Waals surface area contributed by atoms with Gasteiger partial charge in [-0.15, -0.1) is 0 Å². The summed E-state index contributed by atoms with van der Waals surface area (Å²) in [5, 5.41) is 14.2. The largest absolute Gasteiger partial charge is 0.314 e. The van der Waals surface area contributed by atoms with Crippen molar-refractivity contribution < 1.29 is 4.92 Å². The summed E-state index contributed by atoms with van der Waals surface area (Å²) in [6.07, 6.45) is 4.14. The lowest BCUT2D eigenvalue weighted by molar-refractivity contribution is -0.384. The van der Waals surface area contributed by atoms with Gasteiger partial charge in [0.15, 0.2) is 0 Å². The second kappa shape index (κ2) is 7.82. The Kier molecular flexibility index (Phi) is 6.36. The molecule has 1 atom stereocenters. The van der Waals surface area contributed by atoms with Gasteiger partial charge in [-0.1, -0.05) is 26.0 Å². The number of rotatable bonds is 8. The van der Waals surface area contributed by atoms with Crippen molar-refractivity contribution in [1.82, 2.24) is 5.32 Å². The molecule has 0 aliphatic carbocycles. The van der Waals surface area contributed by atoms with Crippen LogP contribution < -0.4 is 5.32 Å². The molecule has 1 unspecified atom stereocenters. The average molecular weight is 250 g/mol. The summed E-state index contributed by atoms with van der Waals surface area (Å²) in [7, 11) is 0. The maximum atomic E-state index is 10.7. The Morgan fingerprint density at radius 2 is 2.17 bits per heavy atom. The third-order valence-corrected chi connectivity index (χ3v) is 3.08. The van der Waals surface area contributed by atoms with E-state index in [1.54, 1.807) is 12.1 Å². The summed E-state index contributed by atoms with van der Waals surface area (Å²) in [4.78, 5) is 10.3. The second-order valence-electron chi connectivity index (χ2n) is 4.52. The van der Waals surface area contributed by atoms with Gasteiger partial charge in [0.1, 0.15) is 0 Å². The van der Waals surface area contributed by atoms with E-state index < -0.39 is 0 Å². The molecule has 0 aromatic heterocycles. The van der Waals surface area contributed by atoms with Crippen molar-refractivity contribution in [2.24, 2.45) is 0 Å². The molecule has 100 valence electrons. The first-order valence-corrected chi connectivity index (χ1v) is 6.64. The normalized spacial score (nSPS) is 12.3. The van der Waals surface area contributed by atoms with Gasteiger partial charge in [-0.05, 0) is 37.8 Å². The number of hydrogen-bond acceptors (Lipinski definition) is 3. The Hall–Kier alpha value is -1.42. The van der Waals surface area contributed by atoms with Crippen LogP contribution in [0.2, 0.25) is 0 Å². The minimum Gasteiger partial charge on any atom is -0.314 e. The molecule has 0 aliphatic heterocycles. The fourth-order valence-corrected chi connectivity index (χ4v) is 1.97. The van der Waals surface area contributed by atoms with Gasteiger partial charge >= 0.3 is 0 Å². The summed E-state index contributed by atoms with van der Waals surface area (Å²) in [6, 6.07) is 7.43. The Labute approximate surface area is 109 Å². The van der Waals surface area contributed by atoms with Crippen molar-refractivity contribution in [3.63, 3.8) is 0 Å². The monoisotopic (exact) mass is 250 g/mol. The van der Waals surface area contributed by atoms with E-state index in [1.165, 1.54) is 6.07 Å². The lowest BCUT2D eigenvalue weighted by Crippen LogP contribution is -2.29. The zero-order valence-electron chi connectivity index (χ0n) is 11.2. The van der Waals surface area contributed by atoms with E-state index in [0.29, 0.717) is 6.04 Å². The molecule has 1 N–H and O–H groups in total. The molecule has 0 fully saturated rings. The van der Waals surface area contributed by atoms with Crippen LogP contribution in [0.15, 0.2) is 24.3 Å². The third kappa shape index (κ3) is 4.84. The van der Waals surface area contributed by atoms with Crippen LogP contribution in [0, 0.1) is 10.1 Å². The first-order valence-electron chi connectivity index (χ1n) is 6.64. The second-order valence-corrected chi connectivity index (χ2v) is 4.52. The lowest BCUT2D eigenvalue weighted by atomic mass is 10.0. The number of non-ortho nitro benzene ring substituents is 1. The van der Waals surface area contributed by atoms with Crippen LogP contribution in [-0.2, 0) is 6.42 Å². The summed E-state index contributed by atoms with van der Waals surface area (Å²) >= 11 is 0. The Bertz CT molecular complexity index is 380. The van der Waals surface area contributed by atoms with E-state index in [1.807, 2.05) is 6.07 Å². The Morgan fingerprint density at radius 1 is 1.39 bits per heavy atom. The molecule has 0 saturated carbocycles. The van der Waals surface area contributed by atoms with Crippen molar-refractivity contribution in [2.75, 3.05) is 6.54 Å². The highest BCUT2D eigenvalue weighted by Crippen LogP contribution is 2.15. The molecule has 0 aliphatic rings. The molecule has 4 heteroatoms. The fourth-order valence-electron chi connectivity index (χ4n) is 1.97. The highest BCUT2D eigenvalue weighted by molar-refractivity contribution is 5.34. The summed E-state index contributed by atoms with van der Waals surface area (Å²) in [5.41, 5.74) is 1.23. The van der Waals surface area contributed by atoms with Crippen molar-refractivity contribution in [3.05, 3.63) is 39.9 Å². The summed E-state index contributed by atoms with van der Waals surface area (Å²) in [6.45, 7) is 5.36. The van der Waals surface area contributed by atoms with Crippen LogP contribution in [0.1, 0.15) is 38.7 Å². The first kappa shape index (κ1) is 14.6. The molecule has 18 heavy (non-hydrogen) atoms. The maximum Gasteiger partial charge on any atom is 0.269 e. The molecule has 0 radical (unpaired) electrons. The standard InChI is InChI=1S/C14H22N2O2/c1-3-10-15-13(4-2)9-8-12-6-5-7-14(11-12)16(17)18/h5-7,11,13,15H,3-4,8-10H2,1-2H3. The number of hydrogen-bond donors (Lipinski definition) is 1. The van der Waals surface area contributed by atoms with E-state index >= 15 is 0 Å². The number of nitro groups is 1. The quantitative estimate of drug-likeness (QED) is 0.569. The van der Waals surface area contributed by atoms with Crippen LogP contribution >= 0.6 is 0 Å². The maximum absolute atomic E-state index is 10.7. The SMILES string of the molecule is CCCNC(CC)CCc1cccc([N+](=O)[O-])c1. The van der Waals surface area contributed by atoms with Crippen molar-refractivity contribution >= 4 is 5.69 Å². The van der Waals surface area contributed by atoms with Gasteiger partial charge in [-0.25, -0.2) is 0 Å². The third-order valence-electron chi connectivity index (χ3n) is 3.08. The van der Waals surface area contributed by atoms with E-state index in [0.717, 1.165) is 37.8 Å². The van der Waals surface area contributed by atoms with Crippen LogP contribution in [0.3, 0.4) is 0 Å². The smallest absolute Gasteiger partial charge is 0.269 e. The highest BCUT2D eigenvalue weighted by Gasteiger charge is 2.08. The van der Waals surface area contributed by atoms with Gasteiger partial charge in [-0.2, -0.15) is 0 Å². The molecule has 0 amide bonds. The molecule has 1 aromatic carbocycles. The van der Waals surface area contributed by atoms with Crippen LogP contribution in [0.4, 0.5) is 5.69 Å². The lowest BCUT2D eigenvalue weighted by Gasteiger charge is -2.16. The van der Waals surface area contributed by atoms with Gasteiger partial charge in [0, 0.05) is 18.2 Å². The molecule has 1 rings (SSSR count). The molecule has 0 bridgehead atoms. The number of nitro benzene ring substituents is 1.